The number of nitrogens with zero attached hydrogens (tertiary/aromatic N) is 1. The maximum atomic E-state index is 11.7. The molecule has 100 valence electrons. The molecule has 2 rings (SSSR count). The number of aryl methyl sites for hydroxylation is 1. The first-order valence-corrected chi connectivity index (χ1v) is 6.21. The maximum Gasteiger partial charge on any atom is 0.419 e. The number of benzene rings is 1. The smallest absolute Gasteiger partial charge is 0.408 e. The van der Waals surface area contributed by atoms with Gasteiger partial charge in [-0.3, -0.25) is 9.36 Å². The van der Waals surface area contributed by atoms with Gasteiger partial charge in [-0.15, -0.1) is 0 Å². The van der Waals surface area contributed by atoms with Gasteiger partial charge in [0.05, 0.1) is 5.52 Å². The fourth-order valence-electron chi connectivity index (χ4n) is 1.90. The summed E-state index contributed by atoms with van der Waals surface area (Å²) in [6.45, 7) is 4.54. The zero-order valence-electron chi connectivity index (χ0n) is 10.6. The molecule has 1 aromatic carbocycles. The molecule has 0 unspecified atom stereocenters. The summed E-state index contributed by atoms with van der Waals surface area (Å²) in [5, 5.41) is 2.70. The summed E-state index contributed by atoms with van der Waals surface area (Å²) in [7, 11) is 0. The van der Waals surface area contributed by atoms with Crippen LogP contribution in [0.1, 0.15) is 12.8 Å². The van der Waals surface area contributed by atoms with E-state index in [4.69, 9.17) is 4.42 Å². The molecule has 1 N–H and O–H groups in total. The predicted octanol–water partition coefficient (Wildman–Crippen LogP) is 1.68. The van der Waals surface area contributed by atoms with E-state index in [0.29, 0.717) is 18.7 Å². The van der Waals surface area contributed by atoms with Gasteiger partial charge >= 0.3 is 5.76 Å². The van der Waals surface area contributed by atoms with E-state index < -0.39 is 0 Å². The Morgan fingerprint density at radius 2 is 2.16 bits per heavy atom. The molecule has 0 radical (unpaired) electrons. The molecular weight excluding hydrogens is 244 g/mol. The Morgan fingerprint density at radius 1 is 1.37 bits per heavy atom. The summed E-state index contributed by atoms with van der Waals surface area (Å²) in [5.74, 6) is -0.512. The Bertz CT molecular complexity index is 639. The lowest BCUT2D eigenvalue weighted by molar-refractivity contribution is -0.116. The number of hydrogen-bond acceptors (Lipinski definition) is 3. The number of unbranched alkanes of at least 4 members (excludes halogenated alkanes) is 1. The number of hydrogen-bond donors (Lipinski definition) is 1. The number of rotatable bonds is 6. The number of aromatic nitrogens is 1. The molecular formula is C14H16N2O3. The van der Waals surface area contributed by atoms with Gasteiger partial charge in [-0.05, 0) is 31.1 Å². The zero-order chi connectivity index (χ0) is 13.7. The molecule has 5 nitrogen and oxygen atoms in total. The zero-order valence-corrected chi connectivity index (χ0v) is 10.6. The Hall–Kier alpha value is -2.30. The van der Waals surface area contributed by atoms with Crippen molar-refractivity contribution in [3.05, 3.63) is 47.5 Å². The van der Waals surface area contributed by atoms with Crippen LogP contribution < -0.4 is 11.1 Å². The standard InChI is InChI=1S/C14H16N2O3/c1-2-13(17)15-9-5-6-10-16-11-7-3-4-8-12(11)19-14(16)18/h2-4,7-8H,1,5-6,9-10H2,(H,15,17). The van der Waals surface area contributed by atoms with Gasteiger partial charge in [-0.1, -0.05) is 18.7 Å². The largest absolute Gasteiger partial charge is 0.419 e. The summed E-state index contributed by atoms with van der Waals surface area (Å²) in [5.41, 5.74) is 1.41. The minimum Gasteiger partial charge on any atom is -0.408 e. The molecule has 0 bridgehead atoms. The third-order valence-electron chi connectivity index (χ3n) is 2.87. The van der Waals surface area contributed by atoms with Gasteiger partial charge in [-0.2, -0.15) is 0 Å². The van der Waals surface area contributed by atoms with Crippen molar-refractivity contribution in [2.75, 3.05) is 6.54 Å². The van der Waals surface area contributed by atoms with Crippen LogP contribution in [0.15, 0.2) is 46.1 Å². The molecule has 0 fully saturated rings. The van der Waals surface area contributed by atoms with Crippen molar-refractivity contribution in [3.63, 3.8) is 0 Å². The second-order valence-electron chi connectivity index (χ2n) is 4.19. The number of oxazole rings is 1. The van der Waals surface area contributed by atoms with E-state index in [-0.39, 0.29) is 11.7 Å². The monoisotopic (exact) mass is 260 g/mol. The van der Waals surface area contributed by atoms with E-state index in [9.17, 15) is 9.59 Å². The highest BCUT2D eigenvalue weighted by atomic mass is 16.4. The van der Waals surface area contributed by atoms with Crippen LogP contribution in [0.5, 0.6) is 0 Å². The molecule has 0 aliphatic heterocycles. The number of amides is 1. The Morgan fingerprint density at radius 3 is 2.95 bits per heavy atom. The van der Waals surface area contributed by atoms with Gasteiger partial charge < -0.3 is 9.73 Å². The van der Waals surface area contributed by atoms with E-state index in [1.165, 1.54) is 6.08 Å². The summed E-state index contributed by atoms with van der Waals surface area (Å²) in [6.07, 6.45) is 2.83. The number of nitrogens with one attached hydrogen (secondary N) is 1. The Kier molecular flexibility index (Phi) is 4.18. The number of fused-ring (bicyclic) bond motifs is 1. The van der Waals surface area contributed by atoms with E-state index in [0.717, 1.165) is 18.4 Å². The summed E-state index contributed by atoms with van der Waals surface area (Å²) < 4.78 is 6.75. The molecule has 0 atom stereocenters. The SMILES string of the molecule is C=CC(=O)NCCCCn1c(=O)oc2ccccc21. The minimum atomic E-state index is -0.337. The van der Waals surface area contributed by atoms with E-state index >= 15 is 0 Å². The van der Waals surface area contributed by atoms with Crippen LogP contribution >= 0.6 is 0 Å². The minimum absolute atomic E-state index is 0.175. The van der Waals surface area contributed by atoms with Crippen molar-refractivity contribution >= 4 is 17.0 Å². The molecule has 0 saturated heterocycles. The molecule has 19 heavy (non-hydrogen) atoms. The number of para-hydroxylation sites is 2. The number of carbonyl (C=O) groups is 1. The van der Waals surface area contributed by atoms with Crippen LogP contribution in [-0.2, 0) is 11.3 Å². The van der Waals surface area contributed by atoms with Crippen LogP contribution in [0.2, 0.25) is 0 Å². The number of carbonyl (C=O) groups excluding carboxylic acids is 1. The second-order valence-corrected chi connectivity index (χ2v) is 4.19. The molecule has 0 aliphatic rings. The molecule has 0 aliphatic carbocycles. The molecule has 1 amide bonds. The molecule has 1 aromatic heterocycles. The Balaban J connectivity index is 1.91. The van der Waals surface area contributed by atoms with Crippen LogP contribution in [-0.4, -0.2) is 17.0 Å². The fourth-order valence-corrected chi connectivity index (χ4v) is 1.90. The highest BCUT2D eigenvalue weighted by Crippen LogP contribution is 2.12. The van der Waals surface area contributed by atoms with Gasteiger partial charge in [0, 0.05) is 13.1 Å². The van der Waals surface area contributed by atoms with Gasteiger partial charge in [0.15, 0.2) is 5.58 Å². The summed E-state index contributed by atoms with van der Waals surface area (Å²) >= 11 is 0. The third-order valence-corrected chi connectivity index (χ3v) is 2.87. The van der Waals surface area contributed by atoms with Gasteiger partial charge in [0.25, 0.3) is 0 Å². The van der Waals surface area contributed by atoms with Crippen LogP contribution in [0, 0.1) is 0 Å². The van der Waals surface area contributed by atoms with Crippen LogP contribution in [0.25, 0.3) is 11.1 Å². The van der Waals surface area contributed by atoms with Crippen LogP contribution in [0.4, 0.5) is 0 Å². The average molecular weight is 260 g/mol. The summed E-state index contributed by atoms with van der Waals surface area (Å²) in [4.78, 5) is 22.6. The normalized spacial score (nSPS) is 10.5. The van der Waals surface area contributed by atoms with Crippen molar-refractivity contribution in [1.82, 2.24) is 9.88 Å². The van der Waals surface area contributed by atoms with Crippen LogP contribution in [0.3, 0.4) is 0 Å². The summed E-state index contributed by atoms with van der Waals surface area (Å²) in [6, 6.07) is 7.34. The van der Waals surface area contributed by atoms with Gasteiger partial charge in [0.1, 0.15) is 0 Å². The quantitative estimate of drug-likeness (QED) is 0.635. The molecule has 0 saturated carbocycles. The molecule has 1 heterocycles. The molecule has 0 spiro atoms. The lowest BCUT2D eigenvalue weighted by Gasteiger charge is -2.03. The van der Waals surface area contributed by atoms with Gasteiger partial charge in [0.2, 0.25) is 5.91 Å². The van der Waals surface area contributed by atoms with Gasteiger partial charge in [-0.25, -0.2) is 4.79 Å². The maximum absolute atomic E-state index is 11.7. The van der Waals surface area contributed by atoms with E-state index in [2.05, 4.69) is 11.9 Å². The van der Waals surface area contributed by atoms with Crippen molar-refractivity contribution in [2.45, 2.75) is 19.4 Å². The highest BCUT2D eigenvalue weighted by Gasteiger charge is 2.07. The van der Waals surface area contributed by atoms with Crippen molar-refractivity contribution in [1.29, 1.82) is 0 Å². The first-order chi connectivity index (χ1) is 9.22. The second kappa shape index (κ2) is 6.04. The lowest BCUT2D eigenvalue weighted by atomic mass is 10.3. The van der Waals surface area contributed by atoms with Crippen molar-refractivity contribution in [3.8, 4) is 0 Å². The van der Waals surface area contributed by atoms with Crippen molar-refractivity contribution < 1.29 is 9.21 Å². The first-order valence-electron chi connectivity index (χ1n) is 6.21. The third kappa shape index (κ3) is 3.13. The molecule has 2 aromatic rings. The van der Waals surface area contributed by atoms with Crippen molar-refractivity contribution in [2.24, 2.45) is 0 Å². The predicted molar refractivity (Wildman–Crippen MR) is 72.9 cm³/mol. The topological polar surface area (TPSA) is 64.2 Å². The lowest BCUT2D eigenvalue weighted by Crippen LogP contribution is -2.22. The fraction of sp³-hybridized carbons (Fsp3) is 0.286. The van der Waals surface area contributed by atoms with E-state index in [1.807, 2.05) is 18.2 Å². The Labute approximate surface area is 110 Å². The highest BCUT2D eigenvalue weighted by molar-refractivity contribution is 5.86. The average Bonchev–Trinajstić information content (AvgIpc) is 2.74. The van der Waals surface area contributed by atoms with E-state index in [1.54, 1.807) is 10.6 Å². The first kappa shape index (κ1) is 13.1. The molecule has 5 heteroatoms.